The van der Waals surface area contributed by atoms with Crippen LogP contribution in [-0.2, 0) is 19.4 Å². The van der Waals surface area contributed by atoms with Gasteiger partial charge in [-0.05, 0) is 30.0 Å². The second-order valence-corrected chi connectivity index (χ2v) is 5.65. The molecule has 2 rings (SSSR count). The molecule has 0 saturated heterocycles. The highest BCUT2D eigenvalue weighted by Crippen LogP contribution is 2.11. The summed E-state index contributed by atoms with van der Waals surface area (Å²) in [5.74, 6) is 2.63. The Labute approximate surface area is 121 Å². The number of aryl methyl sites for hydroxylation is 1. The lowest BCUT2D eigenvalue weighted by molar-refractivity contribution is 0.538. The number of rotatable bonds is 7. The van der Waals surface area contributed by atoms with Gasteiger partial charge in [-0.25, -0.2) is 9.67 Å². The van der Waals surface area contributed by atoms with Gasteiger partial charge in [-0.15, -0.1) is 0 Å². The Bertz CT molecular complexity index is 517. The van der Waals surface area contributed by atoms with Crippen molar-refractivity contribution in [2.45, 2.75) is 53.0 Å². The lowest BCUT2D eigenvalue weighted by Gasteiger charge is -2.04. The van der Waals surface area contributed by atoms with Crippen LogP contribution in [-0.4, -0.2) is 19.7 Å². The molecule has 20 heavy (non-hydrogen) atoms. The monoisotopic (exact) mass is 272 g/mol. The average molecular weight is 272 g/mol. The maximum Gasteiger partial charge on any atom is 0.151 e. The normalized spacial score (nSPS) is 11.2. The summed E-state index contributed by atoms with van der Waals surface area (Å²) >= 11 is 0. The summed E-state index contributed by atoms with van der Waals surface area (Å²) in [6.45, 7) is 7.57. The molecule has 2 aromatic rings. The molecule has 0 aliphatic rings. The number of hydrogen-bond acceptors (Lipinski definition) is 3. The first-order chi connectivity index (χ1) is 9.69. The summed E-state index contributed by atoms with van der Waals surface area (Å²) in [6, 6.07) is 4.09. The summed E-state index contributed by atoms with van der Waals surface area (Å²) < 4.78 is 2.08. The third-order valence-electron chi connectivity index (χ3n) is 3.22. The van der Waals surface area contributed by atoms with Crippen LogP contribution >= 0.6 is 0 Å². The summed E-state index contributed by atoms with van der Waals surface area (Å²) in [5, 5.41) is 4.67. The van der Waals surface area contributed by atoms with E-state index in [9.17, 15) is 0 Å². The fourth-order valence-corrected chi connectivity index (χ4v) is 2.18. The molecule has 0 radical (unpaired) electrons. The van der Waals surface area contributed by atoms with Crippen LogP contribution in [0.5, 0.6) is 0 Å². The first-order valence-electron chi connectivity index (χ1n) is 7.50. The van der Waals surface area contributed by atoms with Crippen LogP contribution in [0.2, 0.25) is 0 Å². The maximum absolute atomic E-state index is 4.73. The zero-order valence-corrected chi connectivity index (χ0v) is 12.7. The third-order valence-corrected chi connectivity index (χ3v) is 3.22. The molecule has 0 bridgehead atoms. The summed E-state index contributed by atoms with van der Waals surface area (Å²) in [6.07, 6.45) is 7.76. The standard InChI is InChI=1S/C16H24N4/c1-4-5-10-20-16(12-14-6-8-17-9-7-14)18-15(19-20)11-13(2)3/h6-9,13H,4-5,10-12H2,1-3H3. The van der Waals surface area contributed by atoms with Gasteiger partial charge in [0, 0.05) is 31.8 Å². The Morgan fingerprint density at radius 1 is 1.20 bits per heavy atom. The van der Waals surface area contributed by atoms with Gasteiger partial charge in [0.25, 0.3) is 0 Å². The van der Waals surface area contributed by atoms with Crippen LogP contribution < -0.4 is 0 Å². The van der Waals surface area contributed by atoms with E-state index >= 15 is 0 Å². The minimum Gasteiger partial charge on any atom is -0.265 e. The zero-order chi connectivity index (χ0) is 14.4. The van der Waals surface area contributed by atoms with E-state index in [2.05, 4.69) is 35.5 Å². The van der Waals surface area contributed by atoms with Crippen molar-refractivity contribution in [1.82, 2.24) is 19.7 Å². The predicted molar refractivity (Wildman–Crippen MR) is 80.5 cm³/mol. The molecule has 2 aromatic heterocycles. The topological polar surface area (TPSA) is 43.6 Å². The van der Waals surface area contributed by atoms with Crippen LogP contribution in [0.4, 0.5) is 0 Å². The molecule has 2 heterocycles. The Hall–Kier alpha value is -1.71. The van der Waals surface area contributed by atoms with Crippen molar-refractivity contribution in [1.29, 1.82) is 0 Å². The van der Waals surface area contributed by atoms with Crippen molar-refractivity contribution in [3.8, 4) is 0 Å². The van der Waals surface area contributed by atoms with E-state index in [1.165, 1.54) is 12.0 Å². The Morgan fingerprint density at radius 2 is 1.95 bits per heavy atom. The van der Waals surface area contributed by atoms with Gasteiger partial charge in [0.15, 0.2) is 5.82 Å². The van der Waals surface area contributed by atoms with Crippen molar-refractivity contribution in [3.63, 3.8) is 0 Å². The van der Waals surface area contributed by atoms with Crippen molar-refractivity contribution in [2.75, 3.05) is 0 Å². The number of aromatic nitrogens is 4. The van der Waals surface area contributed by atoms with E-state index in [4.69, 9.17) is 4.98 Å². The lowest BCUT2D eigenvalue weighted by Crippen LogP contribution is -2.06. The molecule has 0 N–H and O–H groups in total. The summed E-state index contributed by atoms with van der Waals surface area (Å²) in [7, 11) is 0. The second-order valence-electron chi connectivity index (χ2n) is 5.65. The van der Waals surface area contributed by atoms with Crippen LogP contribution in [0.15, 0.2) is 24.5 Å². The highest BCUT2D eigenvalue weighted by Gasteiger charge is 2.11. The number of unbranched alkanes of at least 4 members (excludes halogenated alkanes) is 1. The van der Waals surface area contributed by atoms with Gasteiger partial charge in [0.05, 0.1) is 0 Å². The van der Waals surface area contributed by atoms with E-state index in [0.29, 0.717) is 5.92 Å². The van der Waals surface area contributed by atoms with Crippen molar-refractivity contribution in [2.24, 2.45) is 5.92 Å². The highest BCUT2D eigenvalue weighted by molar-refractivity contribution is 5.15. The second kappa shape index (κ2) is 7.17. The molecule has 0 aliphatic heterocycles. The number of pyridine rings is 1. The van der Waals surface area contributed by atoms with Crippen molar-refractivity contribution in [3.05, 3.63) is 41.7 Å². The molecule has 4 nitrogen and oxygen atoms in total. The van der Waals surface area contributed by atoms with E-state index in [0.717, 1.165) is 37.5 Å². The fraction of sp³-hybridized carbons (Fsp3) is 0.562. The van der Waals surface area contributed by atoms with E-state index in [1.807, 2.05) is 24.5 Å². The zero-order valence-electron chi connectivity index (χ0n) is 12.7. The minimum atomic E-state index is 0.589. The van der Waals surface area contributed by atoms with E-state index in [1.54, 1.807) is 0 Å². The van der Waals surface area contributed by atoms with Gasteiger partial charge in [-0.2, -0.15) is 5.10 Å². The Kier molecular flexibility index (Phi) is 5.27. The molecule has 0 amide bonds. The van der Waals surface area contributed by atoms with Crippen LogP contribution in [0.3, 0.4) is 0 Å². The molecule has 0 unspecified atom stereocenters. The van der Waals surface area contributed by atoms with Gasteiger partial charge < -0.3 is 0 Å². The average Bonchev–Trinajstić information content (AvgIpc) is 2.78. The largest absolute Gasteiger partial charge is 0.265 e. The van der Waals surface area contributed by atoms with E-state index < -0.39 is 0 Å². The van der Waals surface area contributed by atoms with Crippen LogP contribution in [0.1, 0.15) is 50.8 Å². The molecule has 108 valence electrons. The smallest absolute Gasteiger partial charge is 0.151 e. The molecule has 4 heteroatoms. The quantitative estimate of drug-likeness (QED) is 0.777. The lowest BCUT2D eigenvalue weighted by atomic mass is 10.1. The van der Waals surface area contributed by atoms with Gasteiger partial charge in [0.2, 0.25) is 0 Å². The van der Waals surface area contributed by atoms with Gasteiger partial charge in [0.1, 0.15) is 5.82 Å². The molecule has 0 fully saturated rings. The Balaban J connectivity index is 2.17. The molecule has 0 atom stereocenters. The molecule has 0 aliphatic carbocycles. The first-order valence-corrected chi connectivity index (χ1v) is 7.50. The minimum absolute atomic E-state index is 0.589. The van der Waals surface area contributed by atoms with E-state index in [-0.39, 0.29) is 0 Å². The molecular formula is C16H24N4. The molecule has 0 saturated carbocycles. The maximum atomic E-state index is 4.73. The molecule has 0 spiro atoms. The van der Waals surface area contributed by atoms with Gasteiger partial charge >= 0.3 is 0 Å². The van der Waals surface area contributed by atoms with Gasteiger partial charge in [-0.1, -0.05) is 27.2 Å². The summed E-state index contributed by atoms with van der Waals surface area (Å²) in [5.41, 5.74) is 1.24. The SMILES string of the molecule is CCCCn1nc(CC(C)C)nc1Cc1ccncc1. The first kappa shape index (κ1) is 14.7. The number of nitrogens with zero attached hydrogens (tertiary/aromatic N) is 4. The highest BCUT2D eigenvalue weighted by atomic mass is 15.3. The van der Waals surface area contributed by atoms with Crippen molar-refractivity contribution < 1.29 is 0 Å². The molecule has 0 aromatic carbocycles. The predicted octanol–water partition coefficient (Wildman–Crippen LogP) is 3.26. The number of hydrogen-bond donors (Lipinski definition) is 0. The third kappa shape index (κ3) is 4.15. The van der Waals surface area contributed by atoms with Gasteiger partial charge in [-0.3, -0.25) is 4.98 Å². The fourth-order valence-electron chi connectivity index (χ4n) is 2.18. The molecular weight excluding hydrogens is 248 g/mol. The summed E-state index contributed by atoms with van der Waals surface area (Å²) in [4.78, 5) is 8.79. The van der Waals surface area contributed by atoms with Crippen molar-refractivity contribution >= 4 is 0 Å². The van der Waals surface area contributed by atoms with Crippen LogP contribution in [0.25, 0.3) is 0 Å². The van der Waals surface area contributed by atoms with Crippen LogP contribution in [0, 0.1) is 5.92 Å². The Morgan fingerprint density at radius 3 is 2.60 bits per heavy atom.